The summed E-state index contributed by atoms with van der Waals surface area (Å²) < 4.78 is 0. The highest BCUT2D eigenvalue weighted by Gasteiger charge is 1.90. The summed E-state index contributed by atoms with van der Waals surface area (Å²) in [7, 11) is 0. The summed E-state index contributed by atoms with van der Waals surface area (Å²) in [4.78, 5) is 0. The van der Waals surface area contributed by atoms with E-state index in [4.69, 9.17) is 0 Å². The Morgan fingerprint density at radius 1 is 0.312 bits per heavy atom. The van der Waals surface area contributed by atoms with Crippen LogP contribution in [-0.2, 0) is 0 Å². The summed E-state index contributed by atoms with van der Waals surface area (Å²) >= 11 is 0. The molecule has 0 spiro atoms. The van der Waals surface area contributed by atoms with E-state index < -0.39 is 0 Å². The van der Waals surface area contributed by atoms with E-state index in [2.05, 4.69) is 24.3 Å². The molecule has 0 amide bonds. The van der Waals surface area contributed by atoms with Crippen molar-refractivity contribution >= 4 is 0 Å². The van der Waals surface area contributed by atoms with Crippen molar-refractivity contribution in [1.29, 1.82) is 0 Å². The molecular weight excluding hydrogens is 192 g/mol. The van der Waals surface area contributed by atoms with Crippen LogP contribution in [0.2, 0.25) is 0 Å². The average Bonchev–Trinajstić information content (AvgIpc) is 2.29. The molecule has 0 aromatic rings. The second kappa shape index (κ2) is 11.0. The molecule has 1 rings (SSSR count). The minimum atomic E-state index is 1.30. The zero-order valence-corrected chi connectivity index (χ0v) is 10.8. The molecule has 92 valence electrons. The molecule has 0 saturated heterocycles. The predicted octanol–water partition coefficient (Wildman–Crippen LogP) is 5.79. The van der Waals surface area contributed by atoms with Crippen molar-refractivity contribution in [2.45, 2.75) is 77.0 Å². The van der Waals surface area contributed by atoms with Gasteiger partial charge in [0, 0.05) is 0 Å². The van der Waals surface area contributed by atoms with Crippen molar-refractivity contribution in [2.24, 2.45) is 0 Å². The summed E-state index contributed by atoms with van der Waals surface area (Å²) in [5.74, 6) is 0. The molecule has 0 radical (unpaired) electrons. The van der Waals surface area contributed by atoms with Crippen LogP contribution < -0.4 is 0 Å². The van der Waals surface area contributed by atoms with Gasteiger partial charge in [-0.1, -0.05) is 50.0 Å². The van der Waals surface area contributed by atoms with Crippen molar-refractivity contribution < 1.29 is 0 Å². The minimum absolute atomic E-state index is 1.30. The molecule has 16 heavy (non-hydrogen) atoms. The zero-order valence-electron chi connectivity index (χ0n) is 10.8. The summed E-state index contributed by atoms with van der Waals surface area (Å²) in [6.45, 7) is 0. The third kappa shape index (κ3) is 8.76. The van der Waals surface area contributed by atoms with E-state index in [9.17, 15) is 0 Å². The first kappa shape index (κ1) is 13.5. The van der Waals surface area contributed by atoms with Crippen LogP contribution in [-0.4, -0.2) is 0 Å². The van der Waals surface area contributed by atoms with Crippen LogP contribution in [0.5, 0.6) is 0 Å². The molecule has 0 unspecified atom stereocenters. The van der Waals surface area contributed by atoms with Gasteiger partial charge in [-0.2, -0.15) is 0 Å². The van der Waals surface area contributed by atoms with E-state index in [0.29, 0.717) is 0 Å². The van der Waals surface area contributed by atoms with Crippen LogP contribution in [0.1, 0.15) is 77.0 Å². The Morgan fingerprint density at radius 2 is 0.562 bits per heavy atom. The number of rotatable bonds is 0. The standard InChI is InChI=1S/C16H28/c1-2-4-6-8-10-12-14-16-15-13-11-9-7-5-3-1/h1-2,15-16H,3-14H2/b2-1-,16-15-. The first-order chi connectivity index (χ1) is 8.00. The van der Waals surface area contributed by atoms with Gasteiger partial charge < -0.3 is 0 Å². The molecule has 0 aromatic heterocycles. The van der Waals surface area contributed by atoms with Crippen molar-refractivity contribution in [1.82, 2.24) is 0 Å². The maximum absolute atomic E-state index is 2.39. The monoisotopic (exact) mass is 220 g/mol. The van der Waals surface area contributed by atoms with Crippen molar-refractivity contribution in [2.75, 3.05) is 0 Å². The van der Waals surface area contributed by atoms with Crippen LogP contribution in [0.15, 0.2) is 24.3 Å². The van der Waals surface area contributed by atoms with Gasteiger partial charge in [-0.3, -0.25) is 0 Å². The fourth-order valence-electron chi connectivity index (χ4n) is 2.23. The summed E-state index contributed by atoms with van der Waals surface area (Å²) in [6.07, 6.45) is 26.0. The number of allylic oxidation sites excluding steroid dienone is 4. The molecular formula is C16H28. The molecule has 1 aliphatic rings. The molecule has 0 fully saturated rings. The molecule has 0 aromatic carbocycles. The Bertz CT molecular complexity index is 146. The lowest BCUT2D eigenvalue weighted by atomic mass is 10.1. The molecule has 0 bridgehead atoms. The van der Waals surface area contributed by atoms with Crippen LogP contribution in [0.4, 0.5) is 0 Å². The first-order valence-corrected chi connectivity index (χ1v) is 7.30. The maximum Gasteiger partial charge on any atom is -0.0351 e. The molecule has 0 N–H and O–H groups in total. The lowest BCUT2D eigenvalue weighted by Gasteiger charge is -2.00. The van der Waals surface area contributed by atoms with Crippen molar-refractivity contribution in [3.8, 4) is 0 Å². The van der Waals surface area contributed by atoms with Gasteiger partial charge in [-0.15, -0.1) is 0 Å². The van der Waals surface area contributed by atoms with E-state index >= 15 is 0 Å². The fourth-order valence-corrected chi connectivity index (χ4v) is 2.23. The molecule has 0 heteroatoms. The smallest absolute Gasteiger partial charge is 0.0351 e. The average molecular weight is 220 g/mol. The van der Waals surface area contributed by atoms with Gasteiger partial charge in [0.1, 0.15) is 0 Å². The van der Waals surface area contributed by atoms with Gasteiger partial charge in [0.05, 0.1) is 0 Å². The second-order valence-corrected chi connectivity index (χ2v) is 4.93. The Balaban J connectivity index is 2.13. The van der Waals surface area contributed by atoms with Crippen LogP contribution >= 0.6 is 0 Å². The topological polar surface area (TPSA) is 0 Å². The van der Waals surface area contributed by atoms with Gasteiger partial charge in [-0.25, -0.2) is 0 Å². The first-order valence-electron chi connectivity index (χ1n) is 7.30. The Morgan fingerprint density at radius 3 is 0.812 bits per heavy atom. The SMILES string of the molecule is C1=C\CCCCCC/C=C\CCCCCC/1. The Kier molecular flexibility index (Phi) is 9.30. The minimum Gasteiger partial charge on any atom is -0.0885 e. The molecule has 0 saturated carbocycles. The molecule has 0 atom stereocenters. The zero-order chi connectivity index (χ0) is 11.3. The maximum atomic E-state index is 2.39. The van der Waals surface area contributed by atoms with Gasteiger partial charge in [0.2, 0.25) is 0 Å². The summed E-state index contributed by atoms with van der Waals surface area (Å²) in [5, 5.41) is 0. The summed E-state index contributed by atoms with van der Waals surface area (Å²) in [5.41, 5.74) is 0. The van der Waals surface area contributed by atoms with Crippen LogP contribution in [0.25, 0.3) is 0 Å². The molecule has 0 nitrogen and oxygen atoms in total. The van der Waals surface area contributed by atoms with Crippen LogP contribution in [0.3, 0.4) is 0 Å². The van der Waals surface area contributed by atoms with Crippen molar-refractivity contribution in [3.05, 3.63) is 24.3 Å². The lowest BCUT2D eigenvalue weighted by Crippen LogP contribution is -1.80. The highest BCUT2D eigenvalue weighted by Crippen LogP contribution is 2.10. The summed E-state index contributed by atoms with van der Waals surface area (Å²) in [6, 6.07) is 0. The third-order valence-corrected chi connectivity index (χ3v) is 3.32. The predicted molar refractivity (Wildman–Crippen MR) is 73.7 cm³/mol. The number of hydrogen-bond donors (Lipinski definition) is 0. The molecule has 0 heterocycles. The highest BCUT2D eigenvalue weighted by atomic mass is 14.0. The van der Waals surface area contributed by atoms with Crippen molar-refractivity contribution in [3.63, 3.8) is 0 Å². The largest absolute Gasteiger partial charge is 0.0885 e. The lowest BCUT2D eigenvalue weighted by molar-refractivity contribution is 0.638. The van der Waals surface area contributed by atoms with E-state index in [1.54, 1.807) is 0 Å². The van der Waals surface area contributed by atoms with Gasteiger partial charge in [0.25, 0.3) is 0 Å². The number of hydrogen-bond acceptors (Lipinski definition) is 0. The van der Waals surface area contributed by atoms with Gasteiger partial charge in [0.15, 0.2) is 0 Å². The van der Waals surface area contributed by atoms with E-state index in [1.807, 2.05) is 0 Å². The Labute approximate surface area is 102 Å². The Hall–Kier alpha value is -0.520. The molecule has 1 aliphatic carbocycles. The van der Waals surface area contributed by atoms with E-state index in [1.165, 1.54) is 77.0 Å². The van der Waals surface area contributed by atoms with Gasteiger partial charge in [-0.05, 0) is 51.4 Å². The second-order valence-electron chi connectivity index (χ2n) is 4.93. The molecule has 0 aliphatic heterocycles. The fraction of sp³-hybridized carbons (Fsp3) is 0.750. The highest BCUT2D eigenvalue weighted by molar-refractivity contribution is 4.83. The van der Waals surface area contributed by atoms with E-state index in [0.717, 1.165) is 0 Å². The quantitative estimate of drug-likeness (QED) is 0.453. The van der Waals surface area contributed by atoms with E-state index in [-0.39, 0.29) is 0 Å². The normalized spacial score (nSPS) is 26.0. The van der Waals surface area contributed by atoms with Crippen LogP contribution in [0, 0.1) is 0 Å². The third-order valence-electron chi connectivity index (χ3n) is 3.32. The van der Waals surface area contributed by atoms with Gasteiger partial charge >= 0.3 is 0 Å².